The predicted octanol–water partition coefficient (Wildman–Crippen LogP) is 6.22. The maximum absolute atomic E-state index is 11.9. The molecule has 0 saturated carbocycles. The van der Waals surface area contributed by atoms with Crippen LogP contribution in [0.3, 0.4) is 0 Å². The molecule has 5 heteroatoms. The lowest BCUT2D eigenvalue weighted by Crippen LogP contribution is -2.07. The molecule has 0 saturated heterocycles. The number of aromatic nitrogens is 1. The van der Waals surface area contributed by atoms with Crippen molar-refractivity contribution in [1.82, 2.24) is 4.98 Å². The number of hydrogen-bond donors (Lipinski definition) is 2. The molecule has 1 rings (SSSR count). The van der Waals surface area contributed by atoms with Crippen LogP contribution in [0.4, 0.5) is 0 Å². The van der Waals surface area contributed by atoms with Crippen LogP contribution in [0.15, 0.2) is 42.7 Å². The van der Waals surface area contributed by atoms with Crippen molar-refractivity contribution < 1.29 is 19.7 Å². The van der Waals surface area contributed by atoms with Crippen LogP contribution in [0, 0.1) is 6.92 Å². The quantitative estimate of drug-likeness (QED) is 0.185. The highest BCUT2D eigenvalue weighted by atomic mass is 16.5. The van der Waals surface area contributed by atoms with E-state index >= 15 is 0 Å². The first-order valence-electron chi connectivity index (χ1n) is 11.5. The van der Waals surface area contributed by atoms with Crippen LogP contribution >= 0.6 is 0 Å². The molecular formula is C26H39NO4. The number of rotatable bonds is 16. The van der Waals surface area contributed by atoms with Crippen molar-refractivity contribution in [1.29, 1.82) is 0 Å². The third-order valence-corrected chi connectivity index (χ3v) is 5.01. The lowest BCUT2D eigenvalue weighted by molar-refractivity contribution is -0.145. The van der Waals surface area contributed by atoms with Gasteiger partial charge in [0.25, 0.3) is 0 Å². The van der Waals surface area contributed by atoms with Crippen LogP contribution in [0.5, 0.6) is 5.75 Å². The smallest absolute Gasteiger partial charge is 0.306 e. The van der Waals surface area contributed by atoms with Gasteiger partial charge in [0, 0.05) is 23.7 Å². The average molecular weight is 430 g/mol. The first-order chi connectivity index (χ1) is 15.1. The largest absolute Gasteiger partial charge is 0.506 e. The van der Waals surface area contributed by atoms with Gasteiger partial charge in [-0.05, 0) is 45.4 Å². The van der Waals surface area contributed by atoms with Gasteiger partial charge in [-0.15, -0.1) is 0 Å². The van der Waals surface area contributed by atoms with Gasteiger partial charge < -0.3 is 14.9 Å². The second-order valence-electron chi connectivity index (χ2n) is 7.62. The zero-order chi connectivity index (χ0) is 22.7. The highest BCUT2D eigenvalue weighted by Gasteiger charge is 2.12. The molecule has 0 amide bonds. The van der Waals surface area contributed by atoms with Gasteiger partial charge in [-0.25, -0.2) is 0 Å². The summed E-state index contributed by atoms with van der Waals surface area (Å²) in [6.45, 7) is 3.51. The molecule has 0 aliphatic rings. The number of esters is 1. The molecule has 0 spiro atoms. The Balaban J connectivity index is 2.05. The Morgan fingerprint density at radius 3 is 2.35 bits per heavy atom. The lowest BCUT2D eigenvalue weighted by Gasteiger charge is -2.11. The van der Waals surface area contributed by atoms with E-state index in [0.29, 0.717) is 23.2 Å². The first kappa shape index (κ1) is 26.6. The van der Waals surface area contributed by atoms with E-state index in [0.717, 1.165) is 44.9 Å². The molecule has 0 radical (unpaired) electrons. The summed E-state index contributed by atoms with van der Waals surface area (Å²) in [5.74, 6) is -0.299. The van der Waals surface area contributed by atoms with Crippen molar-refractivity contribution in [2.24, 2.45) is 0 Å². The maximum atomic E-state index is 11.9. The molecular weight excluding hydrogens is 390 g/mol. The summed E-state index contributed by atoms with van der Waals surface area (Å²) in [6.07, 6.45) is 24.7. The van der Waals surface area contributed by atoms with Crippen molar-refractivity contribution >= 4 is 5.97 Å². The van der Waals surface area contributed by atoms with E-state index in [-0.39, 0.29) is 24.9 Å². The van der Waals surface area contributed by atoms with E-state index in [1.807, 2.05) is 0 Å². The molecule has 0 fully saturated rings. The number of ether oxygens (including phenoxy) is 1. The Morgan fingerprint density at radius 1 is 1.00 bits per heavy atom. The number of unbranched alkanes of at least 4 members (excludes halogenated alkanes) is 5. The predicted molar refractivity (Wildman–Crippen MR) is 126 cm³/mol. The number of nitrogens with zero attached hydrogens (tertiary/aromatic N) is 1. The number of aliphatic hydroxyl groups excluding tert-OH is 1. The van der Waals surface area contributed by atoms with E-state index < -0.39 is 0 Å². The highest BCUT2D eigenvalue weighted by Crippen LogP contribution is 2.24. The minimum absolute atomic E-state index is 0.0204. The fraction of sp³-hybridized carbons (Fsp3) is 0.538. The number of aromatic hydroxyl groups is 1. The number of aliphatic hydroxyl groups is 1. The molecule has 0 atom stereocenters. The van der Waals surface area contributed by atoms with Gasteiger partial charge in [0.2, 0.25) is 0 Å². The summed E-state index contributed by atoms with van der Waals surface area (Å²) >= 11 is 0. The summed E-state index contributed by atoms with van der Waals surface area (Å²) in [4.78, 5) is 16.0. The Bertz CT molecular complexity index is 722. The molecule has 172 valence electrons. The number of allylic oxidation sites excluding steroid dienone is 6. The van der Waals surface area contributed by atoms with Gasteiger partial charge in [-0.2, -0.15) is 0 Å². The van der Waals surface area contributed by atoms with Crippen molar-refractivity contribution in [2.75, 3.05) is 0 Å². The second-order valence-corrected chi connectivity index (χ2v) is 7.62. The summed E-state index contributed by atoms with van der Waals surface area (Å²) in [5, 5.41) is 19.3. The monoisotopic (exact) mass is 429 g/mol. The molecule has 31 heavy (non-hydrogen) atoms. The Morgan fingerprint density at radius 2 is 1.65 bits per heavy atom. The van der Waals surface area contributed by atoms with E-state index in [4.69, 9.17) is 4.74 Å². The summed E-state index contributed by atoms with van der Waals surface area (Å²) in [7, 11) is 0. The normalized spacial score (nSPS) is 11.8. The number of carbonyl (C=O) groups excluding carboxylic acids is 1. The van der Waals surface area contributed by atoms with Crippen LogP contribution in [0.1, 0.15) is 88.0 Å². The molecule has 5 nitrogen and oxygen atoms in total. The van der Waals surface area contributed by atoms with E-state index in [1.165, 1.54) is 19.0 Å². The number of pyridine rings is 1. The molecule has 0 aromatic carbocycles. The Kier molecular flexibility index (Phi) is 14.9. The fourth-order valence-corrected chi connectivity index (χ4v) is 3.10. The first-order valence-corrected chi connectivity index (χ1v) is 11.5. The highest BCUT2D eigenvalue weighted by molar-refractivity contribution is 5.69. The van der Waals surface area contributed by atoms with Crippen LogP contribution in [-0.4, -0.2) is 21.2 Å². The number of aryl methyl sites for hydroxylation is 1. The number of carbonyl (C=O) groups is 1. The van der Waals surface area contributed by atoms with E-state index in [1.54, 1.807) is 6.92 Å². The van der Waals surface area contributed by atoms with Crippen molar-refractivity contribution in [3.63, 3.8) is 0 Å². The van der Waals surface area contributed by atoms with Gasteiger partial charge in [0.15, 0.2) is 0 Å². The molecule has 0 aliphatic carbocycles. The van der Waals surface area contributed by atoms with Crippen LogP contribution in [0.25, 0.3) is 0 Å². The summed E-state index contributed by atoms with van der Waals surface area (Å²) in [6, 6.07) is 0. The summed E-state index contributed by atoms with van der Waals surface area (Å²) < 4.78 is 5.27. The van der Waals surface area contributed by atoms with Gasteiger partial charge in [-0.3, -0.25) is 9.78 Å². The van der Waals surface area contributed by atoms with Crippen LogP contribution < -0.4 is 0 Å². The van der Waals surface area contributed by atoms with Crippen molar-refractivity contribution in [2.45, 2.75) is 91.3 Å². The zero-order valence-corrected chi connectivity index (χ0v) is 19.2. The molecule has 0 unspecified atom stereocenters. The molecule has 2 N–H and O–H groups in total. The maximum Gasteiger partial charge on any atom is 0.306 e. The molecule has 0 aliphatic heterocycles. The van der Waals surface area contributed by atoms with Gasteiger partial charge in [-0.1, -0.05) is 62.6 Å². The Labute approximate surface area is 187 Å². The van der Waals surface area contributed by atoms with E-state index in [2.05, 4.69) is 48.4 Å². The second kappa shape index (κ2) is 17.3. The third-order valence-electron chi connectivity index (χ3n) is 5.01. The van der Waals surface area contributed by atoms with Crippen LogP contribution in [-0.2, 0) is 22.7 Å². The van der Waals surface area contributed by atoms with E-state index in [9.17, 15) is 15.0 Å². The standard InChI is InChI=1S/C26H39NO4/c1-3-4-5-6-7-8-9-10-11-12-13-14-15-16-17-18-25(29)31-21-23-19-27-22(2)26(30)24(23)20-28/h4-5,7-8,10-11,19,28,30H,3,6,9,12-18,20-21H2,1-2H3. The minimum atomic E-state index is -0.315. The molecule has 1 aromatic heterocycles. The molecule has 1 aromatic rings. The van der Waals surface area contributed by atoms with Gasteiger partial charge >= 0.3 is 5.97 Å². The SMILES string of the molecule is CCC=CCC=CCC=CCCCCCCCC(=O)OCc1cnc(C)c(O)c1CO. The van der Waals surface area contributed by atoms with Gasteiger partial charge in [0.05, 0.1) is 12.3 Å². The molecule has 0 bridgehead atoms. The zero-order valence-electron chi connectivity index (χ0n) is 19.2. The fourth-order valence-electron chi connectivity index (χ4n) is 3.10. The van der Waals surface area contributed by atoms with Crippen LogP contribution in [0.2, 0.25) is 0 Å². The number of hydrogen-bond acceptors (Lipinski definition) is 5. The Hall–Kier alpha value is -2.40. The average Bonchev–Trinajstić information content (AvgIpc) is 2.77. The van der Waals surface area contributed by atoms with Crippen molar-refractivity contribution in [3.8, 4) is 5.75 Å². The molecule has 1 heterocycles. The van der Waals surface area contributed by atoms with Crippen molar-refractivity contribution in [3.05, 3.63) is 59.5 Å². The topological polar surface area (TPSA) is 79.7 Å². The third kappa shape index (κ3) is 12.1. The lowest BCUT2D eigenvalue weighted by atomic mass is 10.1. The van der Waals surface area contributed by atoms with Gasteiger partial charge in [0.1, 0.15) is 12.4 Å². The minimum Gasteiger partial charge on any atom is -0.506 e. The summed E-state index contributed by atoms with van der Waals surface area (Å²) in [5.41, 5.74) is 1.35.